The minimum Gasteiger partial charge on any atom is -0.442 e. The van der Waals surface area contributed by atoms with Crippen molar-refractivity contribution in [3.63, 3.8) is 0 Å². The van der Waals surface area contributed by atoms with E-state index < -0.39 is 11.7 Å². The number of nitrogens with zero attached hydrogens (tertiary/aromatic N) is 2. The minimum atomic E-state index is -0.583. The van der Waals surface area contributed by atoms with Gasteiger partial charge in [-0.25, -0.2) is 9.80 Å². The number of aldehydes is 1. The van der Waals surface area contributed by atoms with Crippen LogP contribution in [-0.4, -0.2) is 35.6 Å². The number of hydrogen-bond donors (Lipinski definition) is 0. The summed E-state index contributed by atoms with van der Waals surface area (Å²) in [6.07, 6.45) is 1.05. The van der Waals surface area contributed by atoms with E-state index >= 15 is 0 Å². The third kappa shape index (κ3) is 3.07. The molecule has 3 rings (SSSR count). The molecule has 0 aliphatic carbocycles. The number of ether oxygens (including phenoxy) is 1. The van der Waals surface area contributed by atoms with Gasteiger partial charge in [0.2, 0.25) is 0 Å². The summed E-state index contributed by atoms with van der Waals surface area (Å²) in [5.74, 6) is 0. The Morgan fingerprint density at radius 1 is 1.17 bits per heavy atom. The fourth-order valence-electron chi connectivity index (χ4n) is 3.00. The molecule has 1 fully saturated rings. The van der Waals surface area contributed by atoms with Crippen molar-refractivity contribution in [2.75, 3.05) is 11.6 Å². The first kappa shape index (κ1) is 16.3. The molecule has 0 radical (unpaired) electrons. The number of rotatable bonds is 2. The van der Waals surface area contributed by atoms with E-state index in [1.54, 1.807) is 5.01 Å². The van der Waals surface area contributed by atoms with Gasteiger partial charge in [0.15, 0.2) is 0 Å². The molecular formula is C19H22N2O3. The molecule has 24 heavy (non-hydrogen) atoms. The molecule has 1 heterocycles. The predicted octanol–water partition coefficient (Wildman–Crippen LogP) is 3.77. The van der Waals surface area contributed by atoms with Gasteiger partial charge in [-0.3, -0.25) is 5.01 Å². The van der Waals surface area contributed by atoms with Gasteiger partial charge in [0.05, 0.1) is 5.69 Å². The maximum atomic E-state index is 12.6. The SMILES string of the molecule is CC(C)(C)OC(=O)N1CCC(C=O)N1c1cccc2ccccc12. The molecule has 5 nitrogen and oxygen atoms in total. The standard InChI is InChI=1S/C19H22N2O3/c1-19(2,3)24-18(23)20-12-11-15(13-22)21(20)17-10-6-8-14-7-4-5-9-16(14)17/h4-10,13,15H,11-12H2,1-3H3. The van der Waals surface area contributed by atoms with Crippen molar-refractivity contribution in [1.29, 1.82) is 0 Å². The molecule has 126 valence electrons. The van der Waals surface area contributed by atoms with Gasteiger partial charge < -0.3 is 9.53 Å². The lowest BCUT2D eigenvalue weighted by molar-refractivity contribution is -0.108. The van der Waals surface area contributed by atoms with Gasteiger partial charge in [-0.2, -0.15) is 0 Å². The number of carbonyl (C=O) groups is 2. The molecule has 2 aromatic carbocycles. The fraction of sp³-hybridized carbons (Fsp3) is 0.368. The van der Waals surface area contributed by atoms with Crippen molar-refractivity contribution in [2.45, 2.75) is 38.8 Å². The topological polar surface area (TPSA) is 49.9 Å². The molecule has 1 unspecified atom stereocenters. The zero-order valence-electron chi connectivity index (χ0n) is 14.2. The van der Waals surface area contributed by atoms with E-state index in [0.717, 1.165) is 22.7 Å². The highest BCUT2D eigenvalue weighted by atomic mass is 16.6. The number of benzene rings is 2. The van der Waals surface area contributed by atoms with E-state index in [4.69, 9.17) is 4.74 Å². The van der Waals surface area contributed by atoms with Gasteiger partial charge in [0.25, 0.3) is 0 Å². The van der Waals surface area contributed by atoms with Crippen LogP contribution in [0.2, 0.25) is 0 Å². The second-order valence-corrected chi connectivity index (χ2v) is 6.94. The molecule has 5 heteroatoms. The second-order valence-electron chi connectivity index (χ2n) is 6.94. The smallest absolute Gasteiger partial charge is 0.429 e. The van der Waals surface area contributed by atoms with Crippen molar-refractivity contribution in [2.24, 2.45) is 0 Å². The van der Waals surface area contributed by atoms with E-state index in [-0.39, 0.29) is 6.04 Å². The summed E-state index contributed by atoms with van der Waals surface area (Å²) in [6.45, 7) is 5.96. The number of amides is 1. The van der Waals surface area contributed by atoms with Crippen LogP contribution in [0.25, 0.3) is 10.8 Å². The number of hydrogen-bond acceptors (Lipinski definition) is 4. The van der Waals surface area contributed by atoms with Crippen LogP contribution in [0, 0.1) is 0 Å². The summed E-state index contributed by atoms with van der Waals surface area (Å²) in [5, 5.41) is 5.37. The zero-order valence-corrected chi connectivity index (χ0v) is 14.2. The minimum absolute atomic E-state index is 0.372. The van der Waals surface area contributed by atoms with Crippen LogP contribution in [0.4, 0.5) is 10.5 Å². The van der Waals surface area contributed by atoms with E-state index in [0.29, 0.717) is 13.0 Å². The molecule has 0 spiro atoms. The van der Waals surface area contributed by atoms with Gasteiger partial charge in [0.1, 0.15) is 17.9 Å². The summed E-state index contributed by atoms with van der Waals surface area (Å²) in [6, 6.07) is 13.5. The Kier molecular flexibility index (Phi) is 4.18. The largest absolute Gasteiger partial charge is 0.442 e. The van der Waals surface area contributed by atoms with Gasteiger partial charge >= 0.3 is 6.09 Å². The molecule has 1 saturated heterocycles. The van der Waals surface area contributed by atoms with E-state index in [1.165, 1.54) is 5.01 Å². The van der Waals surface area contributed by atoms with Gasteiger partial charge in [-0.15, -0.1) is 0 Å². The maximum Gasteiger partial charge on any atom is 0.429 e. The summed E-state index contributed by atoms with van der Waals surface area (Å²) in [5.41, 5.74) is 0.259. The molecule has 1 atom stereocenters. The summed E-state index contributed by atoms with van der Waals surface area (Å²) in [4.78, 5) is 24.1. The highest BCUT2D eigenvalue weighted by Crippen LogP contribution is 2.33. The van der Waals surface area contributed by atoms with Crippen LogP contribution in [-0.2, 0) is 9.53 Å². The average molecular weight is 326 g/mol. The fourth-order valence-corrected chi connectivity index (χ4v) is 3.00. The van der Waals surface area contributed by atoms with E-state index in [2.05, 4.69) is 0 Å². The summed E-state index contributed by atoms with van der Waals surface area (Å²) < 4.78 is 5.51. The summed E-state index contributed by atoms with van der Waals surface area (Å²) in [7, 11) is 0. The predicted molar refractivity (Wildman–Crippen MR) is 93.8 cm³/mol. The van der Waals surface area contributed by atoms with Gasteiger partial charge in [-0.1, -0.05) is 36.4 Å². The summed E-state index contributed by atoms with van der Waals surface area (Å²) >= 11 is 0. The Labute approximate surface area is 141 Å². The highest BCUT2D eigenvalue weighted by Gasteiger charge is 2.37. The first-order valence-corrected chi connectivity index (χ1v) is 8.13. The maximum absolute atomic E-state index is 12.6. The van der Waals surface area contributed by atoms with Crippen molar-refractivity contribution < 1.29 is 14.3 Å². The Bertz CT molecular complexity index is 761. The molecule has 0 bridgehead atoms. The number of anilines is 1. The van der Waals surface area contributed by atoms with E-state index in [9.17, 15) is 9.59 Å². The Hall–Kier alpha value is -2.56. The molecule has 1 aliphatic rings. The first-order chi connectivity index (χ1) is 11.4. The van der Waals surface area contributed by atoms with Crippen molar-refractivity contribution in [3.8, 4) is 0 Å². The van der Waals surface area contributed by atoms with Crippen molar-refractivity contribution in [1.82, 2.24) is 5.01 Å². The molecule has 2 aromatic rings. The average Bonchev–Trinajstić information content (AvgIpc) is 2.96. The molecule has 0 aromatic heterocycles. The first-order valence-electron chi connectivity index (χ1n) is 8.13. The van der Waals surface area contributed by atoms with Crippen LogP contribution in [0.1, 0.15) is 27.2 Å². The van der Waals surface area contributed by atoms with Crippen molar-refractivity contribution in [3.05, 3.63) is 42.5 Å². The lowest BCUT2D eigenvalue weighted by Gasteiger charge is -2.34. The lowest BCUT2D eigenvalue weighted by Crippen LogP contribution is -2.47. The van der Waals surface area contributed by atoms with Crippen LogP contribution in [0.5, 0.6) is 0 Å². The van der Waals surface area contributed by atoms with Crippen LogP contribution < -0.4 is 5.01 Å². The van der Waals surface area contributed by atoms with E-state index in [1.807, 2.05) is 63.2 Å². The molecule has 0 saturated carbocycles. The molecular weight excluding hydrogens is 304 g/mol. The van der Waals surface area contributed by atoms with Gasteiger partial charge in [-0.05, 0) is 38.6 Å². The Morgan fingerprint density at radius 2 is 1.88 bits per heavy atom. The zero-order chi connectivity index (χ0) is 17.3. The monoisotopic (exact) mass is 326 g/mol. The Morgan fingerprint density at radius 3 is 2.58 bits per heavy atom. The third-order valence-corrected chi connectivity index (χ3v) is 3.99. The van der Waals surface area contributed by atoms with Crippen LogP contribution in [0.15, 0.2) is 42.5 Å². The van der Waals surface area contributed by atoms with Crippen LogP contribution in [0.3, 0.4) is 0 Å². The van der Waals surface area contributed by atoms with Gasteiger partial charge in [0, 0.05) is 11.9 Å². The Balaban J connectivity index is 2.03. The van der Waals surface area contributed by atoms with Crippen LogP contribution >= 0.6 is 0 Å². The third-order valence-electron chi connectivity index (χ3n) is 3.99. The van der Waals surface area contributed by atoms with Crippen molar-refractivity contribution >= 4 is 28.8 Å². The molecule has 0 N–H and O–H groups in total. The molecule has 1 aliphatic heterocycles. The highest BCUT2D eigenvalue weighted by molar-refractivity contribution is 5.96. The quantitative estimate of drug-likeness (QED) is 0.788. The lowest BCUT2D eigenvalue weighted by atomic mass is 10.1. The number of hydrazine groups is 1. The number of fused-ring (bicyclic) bond motifs is 1. The molecule has 1 amide bonds. The second kappa shape index (κ2) is 6.15. The number of carbonyl (C=O) groups excluding carboxylic acids is 2. The normalized spacial score (nSPS) is 18.0.